The van der Waals surface area contributed by atoms with Gasteiger partial charge in [0.25, 0.3) is 0 Å². The number of anilines is 1. The second kappa shape index (κ2) is 5.30. The van der Waals surface area contributed by atoms with Gasteiger partial charge in [-0.2, -0.15) is 0 Å². The molecule has 17 heavy (non-hydrogen) atoms. The zero-order chi connectivity index (χ0) is 12.1. The van der Waals surface area contributed by atoms with Crippen LogP contribution in [-0.4, -0.2) is 7.85 Å². The lowest BCUT2D eigenvalue weighted by Crippen LogP contribution is -2.04. The van der Waals surface area contributed by atoms with E-state index in [1.165, 1.54) is 0 Å². The van der Waals surface area contributed by atoms with Crippen LogP contribution in [0, 0.1) is 4.91 Å². The van der Waals surface area contributed by atoms with Crippen LogP contribution in [0.2, 0.25) is 0 Å². The summed E-state index contributed by atoms with van der Waals surface area (Å²) in [6, 6.07) is 15.0. The van der Waals surface area contributed by atoms with Crippen LogP contribution in [0.1, 0.15) is 5.56 Å². The average Bonchev–Trinajstić information content (AvgIpc) is 2.38. The fourth-order valence-corrected chi connectivity index (χ4v) is 1.57. The van der Waals surface area contributed by atoms with Crippen LogP contribution in [0.15, 0.2) is 53.7 Å². The number of rotatable bonds is 4. The van der Waals surface area contributed by atoms with Crippen molar-refractivity contribution in [3.05, 3.63) is 59.0 Å². The fourth-order valence-electron chi connectivity index (χ4n) is 1.57. The minimum Gasteiger partial charge on any atom is -0.379 e. The summed E-state index contributed by atoms with van der Waals surface area (Å²) >= 11 is 0. The minimum absolute atomic E-state index is 0.334. The van der Waals surface area contributed by atoms with Crippen LogP contribution in [0.5, 0.6) is 0 Å². The summed E-state index contributed by atoms with van der Waals surface area (Å²) in [6.07, 6.45) is 0. The minimum atomic E-state index is 0.334. The molecule has 0 aliphatic rings. The van der Waals surface area contributed by atoms with Crippen molar-refractivity contribution in [1.82, 2.24) is 0 Å². The number of nitrogens with one attached hydrogen (secondary N) is 1. The highest BCUT2D eigenvalue weighted by Crippen LogP contribution is 2.23. The first kappa shape index (κ1) is 11.4. The SMILES string of the molecule is [B]c1ccc(NCc2ccccc2)c(N=O)c1. The summed E-state index contributed by atoms with van der Waals surface area (Å²) in [5.41, 5.74) is 2.70. The molecular formula is C13H11BN2O. The Kier molecular flexibility index (Phi) is 3.55. The van der Waals surface area contributed by atoms with Crippen molar-refractivity contribution in [3.8, 4) is 0 Å². The first-order valence-corrected chi connectivity index (χ1v) is 5.30. The van der Waals surface area contributed by atoms with Gasteiger partial charge in [0.2, 0.25) is 0 Å². The van der Waals surface area contributed by atoms with E-state index in [0.717, 1.165) is 5.56 Å². The Morgan fingerprint density at radius 2 is 1.88 bits per heavy atom. The van der Waals surface area contributed by atoms with E-state index in [0.29, 0.717) is 23.4 Å². The summed E-state index contributed by atoms with van der Waals surface area (Å²) in [7, 11) is 5.58. The molecule has 4 heteroatoms. The van der Waals surface area contributed by atoms with E-state index in [1.54, 1.807) is 18.2 Å². The highest BCUT2D eigenvalue weighted by molar-refractivity contribution is 6.32. The van der Waals surface area contributed by atoms with Gasteiger partial charge in [0.15, 0.2) is 0 Å². The Balaban J connectivity index is 2.11. The molecule has 2 aromatic rings. The lowest BCUT2D eigenvalue weighted by molar-refractivity contribution is 1.15. The molecule has 1 N–H and O–H groups in total. The van der Waals surface area contributed by atoms with Crippen LogP contribution >= 0.6 is 0 Å². The van der Waals surface area contributed by atoms with Gasteiger partial charge < -0.3 is 5.32 Å². The predicted octanol–water partition coefficient (Wildman–Crippen LogP) is 2.49. The molecule has 0 amide bonds. The van der Waals surface area contributed by atoms with Crippen molar-refractivity contribution in [2.45, 2.75) is 6.54 Å². The maximum atomic E-state index is 10.6. The van der Waals surface area contributed by atoms with Gasteiger partial charge in [-0.25, -0.2) is 0 Å². The molecule has 2 rings (SSSR count). The molecule has 0 saturated carbocycles. The van der Waals surface area contributed by atoms with Crippen LogP contribution in [-0.2, 0) is 6.54 Å². The van der Waals surface area contributed by atoms with Crippen molar-refractivity contribution < 1.29 is 0 Å². The van der Waals surface area contributed by atoms with Crippen LogP contribution in [0.25, 0.3) is 0 Å². The molecule has 0 aliphatic carbocycles. The number of nitrogens with zero attached hydrogens (tertiary/aromatic N) is 1. The Morgan fingerprint density at radius 3 is 2.59 bits per heavy atom. The highest BCUT2D eigenvalue weighted by Gasteiger charge is 2.02. The molecule has 0 aliphatic heterocycles. The second-order valence-corrected chi connectivity index (χ2v) is 3.71. The van der Waals surface area contributed by atoms with E-state index >= 15 is 0 Å². The quantitative estimate of drug-likeness (QED) is 0.637. The van der Waals surface area contributed by atoms with Crippen molar-refractivity contribution in [2.75, 3.05) is 5.32 Å². The lowest BCUT2D eigenvalue weighted by atomic mass is 9.95. The Labute approximate surface area is 101 Å². The second-order valence-electron chi connectivity index (χ2n) is 3.71. The molecule has 0 aromatic heterocycles. The third-order valence-electron chi connectivity index (χ3n) is 2.45. The average molecular weight is 222 g/mol. The smallest absolute Gasteiger partial charge is 0.130 e. The molecule has 82 valence electrons. The Morgan fingerprint density at radius 1 is 1.12 bits per heavy atom. The van der Waals surface area contributed by atoms with Gasteiger partial charge in [-0.3, -0.25) is 0 Å². The number of nitroso groups, excluding NO2 is 1. The van der Waals surface area contributed by atoms with Crippen molar-refractivity contribution in [3.63, 3.8) is 0 Å². The first-order chi connectivity index (χ1) is 8.29. The summed E-state index contributed by atoms with van der Waals surface area (Å²) < 4.78 is 0. The maximum Gasteiger partial charge on any atom is 0.130 e. The van der Waals surface area contributed by atoms with Crippen LogP contribution in [0.4, 0.5) is 11.4 Å². The Bertz CT molecular complexity index is 514. The standard InChI is InChI=1S/C13H11BN2O/c14-11-6-7-12(13(8-11)16-17)15-9-10-4-2-1-3-5-10/h1-8,15H,9H2. The summed E-state index contributed by atoms with van der Waals surface area (Å²) in [5.74, 6) is 0. The van der Waals surface area contributed by atoms with Gasteiger partial charge in [-0.1, -0.05) is 41.9 Å². The van der Waals surface area contributed by atoms with Gasteiger partial charge in [0.1, 0.15) is 13.5 Å². The molecule has 0 saturated heterocycles. The molecule has 0 fully saturated rings. The zero-order valence-electron chi connectivity index (χ0n) is 9.26. The molecule has 0 atom stereocenters. The van der Waals surface area contributed by atoms with E-state index in [9.17, 15) is 4.91 Å². The highest BCUT2D eigenvalue weighted by atomic mass is 16.3. The molecule has 0 heterocycles. The zero-order valence-corrected chi connectivity index (χ0v) is 9.26. The summed E-state index contributed by atoms with van der Waals surface area (Å²) in [5, 5.41) is 6.11. The first-order valence-electron chi connectivity index (χ1n) is 5.30. The molecule has 0 spiro atoms. The van der Waals surface area contributed by atoms with Gasteiger partial charge in [-0.15, -0.1) is 4.91 Å². The van der Waals surface area contributed by atoms with E-state index in [4.69, 9.17) is 7.85 Å². The molecule has 3 nitrogen and oxygen atoms in total. The molecule has 0 unspecified atom stereocenters. The van der Waals surface area contributed by atoms with Crippen molar-refractivity contribution in [2.24, 2.45) is 5.18 Å². The lowest BCUT2D eigenvalue weighted by Gasteiger charge is -2.08. The van der Waals surface area contributed by atoms with Crippen LogP contribution in [0.3, 0.4) is 0 Å². The number of hydrogen-bond donors (Lipinski definition) is 1. The van der Waals surface area contributed by atoms with Gasteiger partial charge in [0.05, 0.1) is 5.69 Å². The molecular weight excluding hydrogens is 211 g/mol. The third-order valence-corrected chi connectivity index (χ3v) is 2.45. The van der Waals surface area contributed by atoms with Crippen molar-refractivity contribution in [1.29, 1.82) is 0 Å². The van der Waals surface area contributed by atoms with Gasteiger partial charge in [0, 0.05) is 6.54 Å². The topological polar surface area (TPSA) is 41.5 Å². The Hall–Kier alpha value is -2.10. The van der Waals surface area contributed by atoms with Gasteiger partial charge >= 0.3 is 0 Å². The summed E-state index contributed by atoms with van der Waals surface area (Å²) in [4.78, 5) is 10.6. The van der Waals surface area contributed by atoms with E-state index in [1.807, 2.05) is 30.3 Å². The fraction of sp³-hybridized carbons (Fsp3) is 0.0769. The van der Waals surface area contributed by atoms with Crippen molar-refractivity contribution >= 4 is 24.7 Å². The number of benzene rings is 2. The largest absolute Gasteiger partial charge is 0.379 e. The molecule has 2 radical (unpaired) electrons. The monoisotopic (exact) mass is 222 g/mol. The van der Waals surface area contributed by atoms with Gasteiger partial charge in [-0.05, 0) is 22.9 Å². The molecule has 2 aromatic carbocycles. The molecule has 0 bridgehead atoms. The predicted molar refractivity (Wildman–Crippen MR) is 71.1 cm³/mol. The summed E-state index contributed by atoms with van der Waals surface area (Å²) in [6.45, 7) is 0.646. The normalized spacial score (nSPS) is 9.88. The van der Waals surface area contributed by atoms with E-state index < -0.39 is 0 Å². The third kappa shape index (κ3) is 2.94. The number of hydrogen-bond acceptors (Lipinski definition) is 3. The van der Waals surface area contributed by atoms with E-state index in [2.05, 4.69) is 10.5 Å². The van der Waals surface area contributed by atoms with Crippen LogP contribution < -0.4 is 10.8 Å². The maximum absolute atomic E-state index is 10.6. The van der Waals surface area contributed by atoms with E-state index in [-0.39, 0.29) is 0 Å².